The minimum Gasteiger partial charge on any atom is -0.497 e. The third kappa shape index (κ3) is 4.14. The van der Waals surface area contributed by atoms with E-state index in [9.17, 15) is 8.42 Å². The lowest BCUT2D eigenvalue weighted by Gasteiger charge is -2.29. The van der Waals surface area contributed by atoms with Crippen LogP contribution in [0.2, 0.25) is 5.02 Å². The predicted molar refractivity (Wildman–Crippen MR) is 108 cm³/mol. The zero-order valence-corrected chi connectivity index (χ0v) is 17.4. The second-order valence-electron chi connectivity index (χ2n) is 6.82. The lowest BCUT2D eigenvalue weighted by atomic mass is 9.98. The van der Waals surface area contributed by atoms with Crippen LogP contribution in [0.1, 0.15) is 24.7 Å². The minimum absolute atomic E-state index is 0.0257. The highest BCUT2D eigenvalue weighted by molar-refractivity contribution is 7.89. The number of ether oxygens (including phenoxy) is 1. The average Bonchev–Trinajstić information content (AvgIpc) is 3.24. The Morgan fingerprint density at radius 1 is 1.14 bits per heavy atom. The molecule has 0 radical (unpaired) electrons. The summed E-state index contributed by atoms with van der Waals surface area (Å²) in [7, 11) is -1.99. The molecule has 29 heavy (non-hydrogen) atoms. The summed E-state index contributed by atoms with van der Waals surface area (Å²) in [5.74, 6) is 1.66. The van der Waals surface area contributed by atoms with Gasteiger partial charge in [-0.1, -0.05) is 28.9 Å². The van der Waals surface area contributed by atoms with Crippen LogP contribution >= 0.6 is 11.6 Å². The van der Waals surface area contributed by atoms with Crippen molar-refractivity contribution in [2.75, 3.05) is 20.2 Å². The number of halogens is 1. The van der Waals surface area contributed by atoms with Gasteiger partial charge >= 0.3 is 0 Å². The molecule has 1 fully saturated rings. The van der Waals surface area contributed by atoms with Crippen molar-refractivity contribution in [3.8, 4) is 17.1 Å². The fourth-order valence-electron chi connectivity index (χ4n) is 3.39. The maximum atomic E-state index is 12.9. The fourth-order valence-corrected chi connectivity index (χ4v) is 5.05. The second-order valence-corrected chi connectivity index (χ2v) is 9.19. The van der Waals surface area contributed by atoms with Gasteiger partial charge in [-0.05, 0) is 49.2 Å². The van der Waals surface area contributed by atoms with Crippen molar-refractivity contribution in [3.63, 3.8) is 0 Å². The molecule has 0 bridgehead atoms. The van der Waals surface area contributed by atoms with Crippen LogP contribution in [0.15, 0.2) is 57.9 Å². The number of nitrogens with zero attached hydrogens (tertiary/aromatic N) is 3. The summed E-state index contributed by atoms with van der Waals surface area (Å²) >= 11 is 6.02. The van der Waals surface area contributed by atoms with Gasteiger partial charge in [0.15, 0.2) is 0 Å². The molecular formula is C20H20ClN3O4S. The predicted octanol–water partition coefficient (Wildman–Crippen LogP) is 3.97. The van der Waals surface area contributed by atoms with Gasteiger partial charge in [0, 0.05) is 29.6 Å². The van der Waals surface area contributed by atoms with Gasteiger partial charge in [-0.25, -0.2) is 8.42 Å². The SMILES string of the molecule is COc1ccc(S(=O)(=O)N2CCC(c3nc(-c4cccc(Cl)c4)no3)CC2)cc1. The monoisotopic (exact) mass is 433 g/mol. The first-order valence-corrected chi connectivity index (χ1v) is 11.0. The van der Waals surface area contributed by atoms with Crippen LogP contribution in [-0.2, 0) is 10.0 Å². The Morgan fingerprint density at radius 3 is 2.52 bits per heavy atom. The molecule has 9 heteroatoms. The number of benzene rings is 2. The van der Waals surface area contributed by atoms with Crippen LogP contribution in [0.3, 0.4) is 0 Å². The Balaban J connectivity index is 1.44. The molecule has 0 N–H and O–H groups in total. The van der Waals surface area contributed by atoms with Crippen molar-refractivity contribution in [1.82, 2.24) is 14.4 Å². The van der Waals surface area contributed by atoms with Crippen LogP contribution in [0, 0.1) is 0 Å². The van der Waals surface area contributed by atoms with Crippen molar-refractivity contribution in [1.29, 1.82) is 0 Å². The number of piperidine rings is 1. The first-order valence-electron chi connectivity index (χ1n) is 9.21. The largest absolute Gasteiger partial charge is 0.497 e. The number of hydrogen-bond donors (Lipinski definition) is 0. The molecule has 4 rings (SSSR count). The van der Waals surface area contributed by atoms with Crippen molar-refractivity contribution in [2.45, 2.75) is 23.7 Å². The summed E-state index contributed by atoms with van der Waals surface area (Å²) in [6.45, 7) is 0.793. The van der Waals surface area contributed by atoms with Gasteiger partial charge in [-0.2, -0.15) is 9.29 Å². The van der Waals surface area contributed by atoms with E-state index in [0.717, 1.165) is 5.56 Å². The van der Waals surface area contributed by atoms with E-state index in [1.807, 2.05) is 12.1 Å². The second kappa shape index (κ2) is 8.14. The Morgan fingerprint density at radius 2 is 1.86 bits per heavy atom. The Labute approximate surface area is 174 Å². The van der Waals surface area contributed by atoms with E-state index in [1.54, 1.807) is 43.5 Å². The van der Waals surface area contributed by atoms with Crippen LogP contribution in [-0.4, -0.2) is 43.1 Å². The van der Waals surface area contributed by atoms with Gasteiger partial charge < -0.3 is 9.26 Å². The first kappa shape index (κ1) is 19.9. The zero-order valence-electron chi connectivity index (χ0n) is 15.8. The Bertz CT molecular complexity index is 1090. The summed E-state index contributed by atoms with van der Waals surface area (Å²) in [4.78, 5) is 4.75. The summed E-state index contributed by atoms with van der Waals surface area (Å²) in [6.07, 6.45) is 1.24. The third-order valence-corrected chi connectivity index (χ3v) is 7.17. The Kier molecular flexibility index (Phi) is 5.58. The van der Waals surface area contributed by atoms with Crippen molar-refractivity contribution < 1.29 is 17.7 Å². The minimum atomic E-state index is -3.54. The molecule has 2 aromatic carbocycles. The third-order valence-electron chi connectivity index (χ3n) is 5.02. The lowest BCUT2D eigenvalue weighted by molar-refractivity contribution is 0.271. The van der Waals surface area contributed by atoms with Crippen LogP contribution in [0.5, 0.6) is 5.75 Å². The fraction of sp³-hybridized carbons (Fsp3) is 0.300. The molecule has 3 aromatic rings. The molecule has 0 aliphatic carbocycles. The van der Waals surface area contributed by atoms with Gasteiger partial charge in [0.05, 0.1) is 12.0 Å². The van der Waals surface area contributed by atoms with Gasteiger partial charge in [-0.15, -0.1) is 0 Å². The number of rotatable bonds is 5. The molecule has 0 spiro atoms. The highest BCUT2D eigenvalue weighted by atomic mass is 35.5. The number of hydrogen-bond acceptors (Lipinski definition) is 6. The van der Waals surface area contributed by atoms with E-state index in [1.165, 1.54) is 4.31 Å². The topological polar surface area (TPSA) is 85.5 Å². The molecule has 0 atom stereocenters. The molecule has 2 heterocycles. The first-order chi connectivity index (χ1) is 14.0. The van der Waals surface area contributed by atoms with E-state index in [0.29, 0.717) is 48.4 Å². The molecule has 0 saturated carbocycles. The summed E-state index contributed by atoms with van der Waals surface area (Å²) < 4.78 is 37.8. The molecule has 1 saturated heterocycles. The van der Waals surface area contributed by atoms with E-state index < -0.39 is 10.0 Å². The highest BCUT2D eigenvalue weighted by Crippen LogP contribution is 2.31. The molecule has 7 nitrogen and oxygen atoms in total. The van der Waals surface area contributed by atoms with Crippen molar-refractivity contribution in [3.05, 3.63) is 59.4 Å². The molecule has 152 valence electrons. The van der Waals surface area contributed by atoms with E-state index in [-0.39, 0.29) is 10.8 Å². The molecule has 1 aliphatic rings. The standard InChI is InChI=1S/C20H20ClN3O4S/c1-27-17-5-7-18(8-6-17)29(25,26)24-11-9-14(10-12-24)20-22-19(23-28-20)15-3-2-4-16(21)13-15/h2-8,13-14H,9-12H2,1H3. The summed E-state index contributed by atoms with van der Waals surface area (Å²) in [5, 5.41) is 4.65. The normalized spacial score (nSPS) is 16.1. The summed E-state index contributed by atoms with van der Waals surface area (Å²) in [6, 6.07) is 13.7. The van der Waals surface area contributed by atoms with E-state index >= 15 is 0 Å². The number of methoxy groups -OCH3 is 1. The van der Waals surface area contributed by atoms with Crippen LogP contribution in [0.4, 0.5) is 0 Å². The Hall–Kier alpha value is -2.42. The van der Waals surface area contributed by atoms with Crippen molar-refractivity contribution >= 4 is 21.6 Å². The molecule has 1 aromatic heterocycles. The molecule has 0 amide bonds. The van der Waals surface area contributed by atoms with E-state index in [4.69, 9.17) is 20.9 Å². The van der Waals surface area contributed by atoms with Crippen molar-refractivity contribution in [2.24, 2.45) is 0 Å². The molecule has 0 unspecified atom stereocenters. The lowest BCUT2D eigenvalue weighted by Crippen LogP contribution is -2.37. The summed E-state index contributed by atoms with van der Waals surface area (Å²) in [5.41, 5.74) is 0.784. The van der Waals surface area contributed by atoms with Gasteiger partial charge in [-0.3, -0.25) is 0 Å². The van der Waals surface area contributed by atoms with E-state index in [2.05, 4.69) is 10.1 Å². The zero-order chi connectivity index (χ0) is 20.4. The maximum absolute atomic E-state index is 12.9. The van der Waals surface area contributed by atoms with Gasteiger partial charge in [0.25, 0.3) is 0 Å². The van der Waals surface area contributed by atoms with Gasteiger partial charge in [0.2, 0.25) is 21.7 Å². The highest BCUT2D eigenvalue weighted by Gasteiger charge is 2.32. The van der Waals surface area contributed by atoms with Crippen LogP contribution in [0.25, 0.3) is 11.4 Å². The maximum Gasteiger partial charge on any atom is 0.243 e. The molecular weight excluding hydrogens is 414 g/mol. The number of aromatic nitrogens is 2. The smallest absolute Gasteiger partial charge is 0.243 e. The number of sulfonamides is 1. The molecule has 1 aliphatic heterocycles. The average molecular weight is 434 g/mol. The van der Waals surface area contributed by atoms with Crippen LogP contribution < -0.4 is 4.74 Å². The quantitative estimate of drug-likeness (QED) is 0.605. The van der Waals surface area contributed by atoms with Gasteiger partial charge in [0.1, 0.15) is 5.75 Å².